The Morgan fingerprint density at radius 2 is 2.13 bits per heavy atom. The third-order valence-corrected chi connectivity index (χ3v) is 3.99. The molecule has 2 heteroatoms. The molecule has 0 spiro atoms. The van der Waals surface area contributed by atoms with Crippen LogP contribution < -0.4 is 5.73 Å². The van der Waals surface area contributed by atoms with Crippen LogP contribution in [0, 0.1) is 11.3 Å². The molecule has 0 bridgehead atoms. The summed E-state index contributed by atoms with van der Waals surface area (Å²) in [4.78, 5) is 2.62. The van der Waals surface area contributed by atoms with Crippen molar-refractivity contribution in [3.63, 3.8) is 0 Å². The first-order valence-corrected chi connectivity index (χ1v) is 6.55. The van der Waals surface area contributed by atoms with Gasteiger partial charge in [0.15, 0.2) is 0 Å². The van der Waals surface area contributed by atoms with E-state index in [2.05, 4.69) is 18.7 Å². The topological polar surface area (TPSA) is 29.3 Å². The normalized spacial score (nSPS) is 29.0. The van der Waals surface area contributed by atoms with Crippen LogP contribution in [0.25, 0.3) is 0 Å². The molecule has 2 rings (SSSR count). The zero-order chi connectivity index (χ0) is 10.9. The van der Waals surface area contributed by atoms with Crippen molar-refractivity contribution in [3.8, 4) is 0 Å². The zero-order valence-electron chi connectivity index (χ0n) is 10.3. The summed E-state index contributed by atoms with van der Waals surface area (Å²) in [5.74, 6) is 0.864. The van der Waals surface area contributed by atoms with Gasteiger partial charge in [-0.15, -0.1) is 0 Å². The monoisotopic (exact) mass is 210 g/mol. The highest BCUT2D eigenvalue weighted by atomic mass is 15.1. The summed E-state index contributed by atoms with van der Waals surface area (Å²) in [6, 6.07) is 0.482. The van der Waals surface area contributed by atoms with E-state index in [1.165, 1.54) is 51.7 Å². The number of rotatable bonds is 4. The fourth-order valence-corrected chi connectivity index (χ4v) is 2.83. The van der Waals surface area contributed by atoms with Crippen molar-refractivity contribution in [2.75, 3.05) is 19.6 Å². The Balaban J connectivity index is 1.69. The van der Waals surface area contributed by atoms with Gasteiger partial charge < -0.3 is 10.6 Å². The lowest BCUT2D eigenvalue weighted by Gasteiger charge is -2.38. The summed E-state index contributed by atoms with van der Waals surface area (Å²) in [5.41, 5.74) is 6.67. The molecule has 1 unspecified atom stereocenters. The van der Waals surface area contributed by atoms with Gasteiger partial charge in [0.05, 0.1) is 0 Å². The molecule has 0 amide bonds. The number of hydrogen-bond acceptors (Lipinski definition) is 2. The number of likely N-dealkylation sites (tertiary alicyclic amines) is 1. The molecule has 2 nitrogen and oxygen atoms in total. The quantitative estimate of drug-likeness (QED) is 0.771. The minimum absolute atomic E-state index is 0.482. The van der Waals surface area contributed by atoms with E-state index < -0.39 is 0 Å². The van der Waals surface area contributed by atoms with E-state index in [1.807, 2.05) is 0 Å². The van der Waals surface area contributed by atoms with Crippen LogP contribution in [0.5, 0.6) is 0 Å². The summed E-state index contributed by atoms with van der Waals surface area (Å²) >= 11 is 0. The van der Waals surface area contributed by atoms with E-state index >= 15 is 0 Å². The van der Waals surface area contributed by atoms with Crippen molar-refractivity contribution >= 4 is 0 Å². The first-order chi connectivity index (χ1) is 7.07. The number of nitrogens with two attached hydrogens (primary N) is 1. The highest BCUT2D eigenvalue weighted by Gasteiger charge is 2.30. The molecule has 0 aromatic carbocycles. The van der Waals surface area contributed by atoms with Gasteiger partial charge in [0.1, 0.15) is 0 Å². The average Bonchev–Trinajstić information content (AvgIpc) is 2.95. The van der Waals surface area contributed by atoms with E-state index in [-0.39, 0.29) is 0 Å². The smallest absolute Gasteiger partial charge is 0.00793 e. The highest BCUT2D eigenvalue weighted by molar-refractivity contribution is 4.86. The molecule has 88 valence electrons. The van der Waals surface area contributed by atoms with Crippen molar-refractivity contribution in [1.29, 1.82) is 0 Å². The molecule has 1 atom stereocenters. The summed E-state index contributed by atoms with van der Waals surface area (Å²) in [5, 5.41) is 0. The minimum Gasteiger partial charge on any atom is -0.327 e. The van der Waals surface area contributed by atoms with E-state index in [0.717, 1.165) is 5.92 Å². The molecule has 2 N–H and O–H groups in total. The standard InChI is InChI=1S/C13H26N2/c1-13(2)7-3-8-15(10-13)9-6-12(14)11-4-5-11/h11-12H,3-10,14H2,1-2H3. The van der Waals surface area contributed by atoms with E-state index in [9.17, 15) is 0 Å². The molecule has 1 aliphatic carbocycles. The molecule has 0 aromatic heterocycles. The SMILES string of the molecule is CC1(C)CCCN(CCC(N)C2CC2)C1. The van der Waals surface area contributed by atoms with E-state index in [1.54, 1.807) is 0 Å². The Morgan fingerprint density at radius 1 is 1.40 bits per heavy atom. The van der Waals surface area contributed by atoms with Gasteiger partial charge in [-0.3, -0.25) is 0 Å². The minimum atomic E-state index is 0.482. The van der Waals surface area contributed by atoms with Crippen molar-refractivity contribution in [3.05, 3.63) is 0 Å². The average molecular weight is 210 g/mol. The van der Waals surface area contributed by atoms with E-state index in [4.69, 9.17) is 5.73 Å². The van der Waals surface area contributed by atoms with Gasteiger partial charge in [-0.25, -0.2) is 0 Å². The van der Waals surface area contributed by atoms with E-state index in [0.29, 0.717) is 11.5 Å². The van der Waals surface area contributed by atoms with Crippen molar-refractivity contribution in [2.24, 2.45) is 17.1 Å². The summed E-state index contributed by atoms with van der Waals surface area (Å²) in [7, 11) is 0. The summed E-state index contributed by atoms with van der Waals surface area (Å²) in [6.45, 7) is 8.56. The van der Waals surface area contributed by atoms with Crippen LogP contribution in [0.3, 0.4) is 0 Å². The molecular formula is C13H26N2. The first kappa shape index (κ1) is 11.4. The lowest BCUT2D eigenvalue weighted by Crippen LogP contribution is -2.42. The largest absolute Gasteiger partial charge is 0.327 e. The second kappa shape index (κ2) is 4.42. The fraction of sp³-hybridized carbons (Fsp3) is 1.00. The number of piperidine rings is 1. The van der Waals surface area contributed by atoms with Gasteiger partial charge in [-0.05, 0) is 56.5 Å². The van der Waals surface area contributed by atoms with Gasteiger partial charge in [0.25, 0.3) is 0 Å². The first-order valence-electron chi connectivity index (χ1n) is 6.55. The third kappa shape index (κ3) is 3.46. The molecule has 0 radical (unpaired) electrons. The highest BCUT2D eigenvalue weighted by Crippen LogP contribution is 2.33. The Labute approximate surface area is 94.2 Å². The molecule has 1 saturated carbocycles. The molecule has 1 saturated heterocycles. The maximum Gasteiger partial charge on any atom is 0.00793 e. The molecule has 2 aliphatic rings. The molecule has 1 heterocycles. The van der Waals surface area contributed by atoms with Gasteiger partial charge >= 0.3 is 0 Å². The zero-order valence-corrected chi connectivity index (χ0v) is 10.3. The van der Waals surface area contributed by atoms with Crippen molar-refractivity contribution < 1.29 is 0 Å². The maximum absolute atomic E-state index is 6.14. The van der Waals surface area contributed by atoms with Crippen LogP contribution in [-0.4, -0.2) is 30.6 Å². The van der Waals surface area contributed by atoms with Crippen LogP contribution in [0.4, 0.5) is 0 Å². The fourth-order valence-electron chi connectivity index (χ4n) is 2.83. The Morgan fingerprint density at radius 3 is 2.73 bits per heavy atom. The second-order valence-corrected chi connectivity index (χ2v) is 6.33. The molecule has 2 fully saturated rings. The predicted octanol–water partition coefficient (Wildman–Crippen LogP) is 2.24. The Bertz CT molecular complexity index is 209. The third-order valence-electron chi connectivity index (χ3n) is 3.99. The van der Waals surface area contributed by atoms with Crippen LogP contribution >= 0.6 is 0 Å². The van der Waals surface area contributed by atoms with Crippen molar-refractivity contribution in [2.45, 2.75) is 52.0 Å². The summed E-state index contributed by atoms with van der Waals surface area (Å²) < 4.78 is 0. The van der Waals surface area contributed by atoms with Gasteiger partial charge in [0.2, 0.25) is 0 Å². The van der Waals surface area contributed by atoms with Gasteiger partial charge in [0, 0.05) is 12.6 Å². The van der Waals surface area contributed by atoms with Gasteiger partial charge in [-0.2, -0.15) is 0 Å². The predicted molar refractivity (Wildman–Crippen MR) is 64.8 cm³/mol. The molecule has 15 heavy (non-hydrogen) atoms. The van der Waals surface area contributed by atoms with Crippen LogP contribution in [-0.2, 0) is 0 Å². The Kier molecular flexibility index (Phi) is 3.36. The van der Waals surface area contributed by atoms with Gasteiger partial charge in [-0.1, -0.05) is 13.8 Å². The van der Waals surface area contributed by atoms with Crippen LogP contribution in [0.15, 0.2) is 0 Å². The second-order valence-electron chi connectivity index (χ2n) is 6.33. The molecule has 1 aliphatic heterocycles. The van der Waals surface area contributed by atoms with Crippen molar-refractivity contribution in [1.82, 2.24) is 4.90 Å². The molecule has 0 aromatic rings. The Hall–Kier alpha value is -0.0800. The summed E-state index contributed by atoms with van der Waals surface area (Å²) in [6.07, 6.45) is 6.73. The van der Waals surface area contributed by atoms with Crippen LogP contribution in [0.2, 0.25) is 0 Å². The number of nitrogens with zero attached hydrogens (tertiary/aromatic N) is 1. The lowest BCUT2D eigenvalue weighted by molar-refractivity contribution is 0.114. The van der Waals surface area contributed by atoms with Crippen LogP contribution in [0.1, 0.15) is 46.0 Å². The molecular weight excluding hydrogens is 184 g/mol. The maximum atomic E-state index is 6.14. The lowest BCUT2D eigenvalue weighted by atomic mass is 9.84. The number of hydrogen-bond donors (Lipinski definition) is 1.